The molecular formula is C11H11N3O2S2. The predicted octanol–water partition coefficient (Wildman–Crippen LogP) is 2.56. The molecule has 0 fully saturated rings. The number of rotatable bonds is 5. The summed E-state index contributed by atoms with van der Waals surface area (Å²) in [4.78, 5) is 14.6. The highest BCUT2D eigenvalue weighted by atomic mass is 32.2. The minimum Gasteiger partial charge on any atom is -0.465 e. The molecule has 0 aliphatic rings. The summed E-state index contributed by atoms with van der Waals surface area (Å²) in [5, 5.41) is 10.7. The van der Waals surface area contributed by atoms with E-state index in [1.165, 1.54) is 23.3 Å². The highest BCUT2D eigenvalue weighted by Gasteiger charge is 2.06. The van der Waals surface area contributed by atoms with Crippen molar-refractivity contribution in [2.75, 3.05) is 12.3 Å². The zero-order valence-electron chi connectivity index (χ0n) is 9.37. The van der Waals surface area contributed by atoms with Crippen molar-refractivity contribution >= 4 is 29.4 Å². The third-order valence-corrected chi connectivity index (χ3v) is 3.88. The van der Waals surface area contributed by atoms with Crippen LogP contribution in [0.1, 0.15) is 0 Å². The van der Waals surface area contributed by atoms with Crippen LogP contribution in [0.25, 0.3) is 11.4 Å². The second-order valence-corrected chi connectivity index (χ2v) is 5.42. The van der Waals surface area contributed by atoms with Gasteiger partial charge in [0.2, 0.25) is 0 Å². The number of nitrogens with zero attached hydrogens (tertiary/aromatic N) is 2. The summed E-state index contributed by atoms with van der Waals surface area (Å²) >= 11 is 2.83. The molecule has 94 valence electrons. The highest BCUT2D eigenvalue weighted by Crippen LogP contribution is 2.24. The van der Waals surface area contributed by atoms with Gasteiger partial charge in [0.05, 0.1) is 0 Å². The molecule has 2 N–H and O–H groups in total. The number of aromatic nitrogens is 2. The molecule has 1 aromatic carbocycles. The second kappa shape index (κ2) is 6.36. The zero-order chi connectivity index (χ0) is 12.8. The lowest BCUT2D eigenvalue weighted by atomic mass is 10.2. The van der Waals surface area contributed by atoms with Gasteiger partial charge in [0.15, 0.2) is 10.2 Å². The standard InChI is InChI=1S/C11H11N3O2S2/c15-10(16)12-6-7-17-11-13-9(14-18-11)8-4-2-1-3-5-8/h1-5,12H,6-7H2,(H,15,16). The number of nitrogens with one attached hydrogen (secondary N) is 1. The first-order chi connectivity index (χ1) is 8.75. The predicted molar refractivity (Wildman–Crippen MR) is 72.1 cm³/mol. The Morgan fingerprint density at radius 2 is 2.17 bits per heavy atom. The molecule has 0 aliphatic carbocycles. The van der Waals surface area contributed by atoms with E-state index in [9.17, 15) is 4.79 Å². The van der Waals surface area contributed by atoms with Crippen LogP contribution in [0.5, 0.6) is 0 Å². The number of benzene rings is 1. The summed E-state index contributed by atoms with van der Waals surface area (Å²) in [7, 11) is 0. The maximum absolute atomic E-state index is 10.3. The van der Waals surface area contributed by atoms with E-state index >= 15 is 0 Å². The zero-order valence-corrected chi connectivity index (χ0v) is 11.0. The first kappa shape index (κ1) is 12.8. The van der Waals surface area contributed by atoms with Crippen molar-refractivity contribution in [2.45, 2.75) is 4.34 Å². The largest absolute Gasteiger partial charge is 0.465 e. The topological polar surface area (TPSA) is 75.1 Å². The van der Waals surface area contributed by atoms with Crippen LogP contribution >= 0.6 is 23.3 Å². The molecule has 0 unspecified atom stereocenters. The molecule has 5 nitrogen and oxygen atoms in total. The summed E-state index contributed by atoms with van der Waals surface area (Å²) in [6.07, 6.45) is -1.00. The summed E-state index contributed by atoms with van der Waals surface area (Å²) < 4.78 is 5.12. The van der Waals surface area contributed by atoms with Crippen LogP contribution in [0, 0.1) is 0 Å². The molecule has 1 amide bonds. The molecule has 0 saturated carbocycles. The van der Waals surface area contributed by atoms with Crippen LogP contribution in [0.3, 0.4) is 0 Å². The van der Waals surface area contributed by atoms with Gasteiger partial charge in [-0.1, -0.05) is 42.1 Å². The number of hydrogen-bond acceptors (Lipinski definition) is 5. The van der Waals surface area contributed by atoms with Crippen LogP contribution in [-0.2, 0) is 0 Å². The fourth-order valence-corrected chi connectivity index (χ4v) is 2.81. The fourth-order valence-electron chi connectivity index (χ4n) is 1.27. The van der Waals surface area contributed by atoms with E-state index in [4.69, 9.17) is 5.11 Å². The van der Waals surface area contributed by atoms with Gasteiger partial charge < -0.3 is 10.4 Å². The third-order valence-electron chi connectivity index (χ3n) is 2.04. The molecule has 18 heavy (non-hydrogen) atoms. The van der Waals surface area contributed by atoms with Gasteiger partial charge in [-0.2, -0.15) is 4.37 Å². The number of hydrogen-bond donors (Lipinski definition) is 2. The molecule has 2 aromatic rings. The van der Waals surface area contributed by atoms with Gasteiger partial charge in [-0.3, -0.25) is 0 Å². The summed E-state index contributed by atoms with van der Waals surface area (Å²) in [5.74, 6) is 1.37. The van der Waals surface area contributed by atoms with Crippen molar-refractivity contribution in [3.8, 4) is 11.4 Å². The van der Waals surface area contributed by atoms with Gasteiger partial charge in [-0.25, -0.2) is 9.78 Å². The molecule has 0 atom stereocenters. The number of thioether (sulfide) groups is 1. The Balaban J connectivity index is 1.89. The van der Waals surface area contributed by atoms with E-state index in [0.29, 0.717) is 18.1 Å². The van der Waals surface area contributed by atoms with Crippen molar-refractivity contribution in [2.24, 2.45) is 0 Å². The van der Waals surface area contributed by atoms with Crippen LogP contribution in [0.4, 0.5) is 4.79 Å². The van der Waals surface area contributed by atoms with E-state index < -0.39 is 6.09 Å². The van der Waals surface area contributed by atoms with Crippen LogP contribution in [-0.4, -0.2) is 32.9 Å². The Morgan fingerprint density at radius 1 is 1.39 bits per heavy atom. The molecule has 0 bridgehead atoms. The van der Waals surface area contributed by atoms with Crippen molar-refractivity contribution in [3.63, 3.8) is 0 Å². The minimum atomic E-state index is -1.00. The molecule has 1 aromatic heterocycles. The van der Waals surface area contributed by atoms with E-state index in [0.717, 1.165) is 9.90 Å². The Bertz CT molecular complexity index is 516. The van der Waals surface area contributed by atoms with Crippen LogP contribution in [0.15, 0.2) is 34.7 Å². The second-order valence-electron chi connectivity index (χ2n) is 3.33. The highest BCUT2D eigenvalue weighted by molar-refractivity contribution is 8.00. The lowest BCUT2D eigenvalue weighted by Crippen LogP contribution is -2.23. The van der Waals surface area contributed by atoms with Gasteiger partial charge in [0, 0.05) is 17.9 Å². The Morgan fingerprint density at radius 3 is 2.89 bits per heavy atom. The Kier molecular flexibility index (Phi) is 4.54. The maximum atomic E-state index is 10.3. The molecule has 7 heteroatoms. The van der Waals surface area contributed by atoms with Crippen LogP contribution in [0.2, 0.25) is 0 Å². The molecule has 1 heterocycles. The monoisotopic (exact) mass is 281 g/mol. The van der Waals surface area contributed by atoms with E-state index in [1.807, 2.05) is 30.3 Å². The van der Waals surface area contributed by atoms with Crippen LogP contribution < -0.4 is 5.32 Å². The number of carbonyl (C=O) groups is 1. The quantitative estimate of drug-likeness (QED) is 0.651. The number of carboxylic acid groups (broad SMARTS) is 1. The molecule has 0 saturated heterocycles. The normalized spacial score (nSPS) is 10.2. The number of amides is 1. The van der Waals surface area contributed by atoms with Crippen molar-refractivity contribution < 1.29 is 9.90 Å². The lowest BCUT2D eigenvalue weighted by molar-refractivity contribution is 0.195. The van der Waals surface area contributed by atoms with Gasteiger partial charge >= 0.3 is 6.09 Å². The summed E-state index contributed by atoms with van der Waals surface area (Å²) in [5.41, 5.74) is 0.990. The van der Waals surface area contributed by atoms with Crippen molar-refractivity contribution in [3.05, 3.63) is 30.3 Å². The van der Waals surface area contributed by atoms with Gasteiger partial charge in [0.25, 0.3) is 0 Å². The SMILES string of the molecule is O=C(O)NCCSc1nc(-c2ccccc2)ns1. The fraction of sp³-hybridized carbons (Fsp3) is 0.182. The van der Waals surface area contributed by atoms with Gasteiger partial charge in [-0.15, -0.1) is 0 Å². The molecule has 0 aliphatic heterocycles. The van der Waals surface area contributed by atoms with E-state index in [1.54, 1.807) is 0 Å². The summed E-state index contributed by atoms with van der Waals surface area (Å²) in [6.45, 7) is 0.403. The molecule has 0 radical (unpaired) electrons. The molecule has 0 spiro atoms. The van der Waals surface area contributed by atoms with Gasteiger partial charge in [-0.05, 0) is 11.5 Å². The first-order valence-corrected chi connectivity index (χ1v) is 7.00. The van der Waals surface area contributed by atoms with E-state index in [2.05, 4.69) is 14.7 Å². The molecular weight excluding hydrogens is 270 g/mol. The third kappa shape index (κ3) is 3.71. The van der Waals surface area contributed by atoms with Gasteiger partial charge in [0.1, 0.15) is 0 Å². The maximum Gasteiger partial charge on any atom is 0.404 e. The first-order valence-electron chi connectivity index (χ1n) is 5.24. The Labute approximate surface area is 112 Å². The minimum absolute atomic E-state index is 0.403. The average molecular weight is 281 g/mol. The Hall–Kier alpha value is -1.60. The smallest absolute Gasteiger partial charge is 0.404 e. The molecule has 2 rings (SSSR count). The van der Waals surface area contributed by atoms with Crippen molar-refractivity contribution in [1.29, 1.82) is 0 Å². The summed E-state index contributed by atoms with van der Waals surface area (Å²) in [6, 6.07) is 9.76. The lowest BCUT2D eigenvalue weighted by Gasteiger charge is -1.97. The average Bonchev–Trinajstić information content (AvgIpc) is 2.84. The van der Waals surface area contributed by atoms with Crippen molar-refractivity contribution in [1.82, 2.24) is 14.7 Å². The van der Waals surface area contributed by atoms with E-state index in [-0.39, 0.29) is 0 Å².